The maximum atomic E-state index is 12.8. The van der Waals surface area contributed by atoms with Crippen molar-refractivity contribution in [3.8, 4) is 0 Å². The lowest BCUT2D eigenvalue weighted by Crippen LogP contribution is -2.37. The van der Waals surface area contributed by atoms with Gasteiger partial charge in [0.2, 0.25) is 0 Å². The number of carbonyl (C=O) groups is 2. The molecule has 0 aliphatic rings. The highest BCUT2D eigenvalue weighted by atomic mass is 31.2. The fraction of sp³-hybridized carbons (Fsp3) is 0.769. The number of nitrogens with zero attached hydrogens (tertiary/aromatic N) is 1. The van der Waals surface area contributed by atoms with Crippen molar-refractivity contribution >= 4 is 19.8 Å². The van der Waals surface area contributed by atoms with E-state index in [1.54, 1.807) is 0 Å². The van der Waals surface area contributed by atoms with Gasteiger partial charge in [-0.05, 0) is 77.0 Å². The van der Waals surface area contributed by atoms with Crippen LogP contribution in [0.25, 0.3) is 0 Å². The number of esters is 2. The molecular weight excluding hydrogens is 798 g/mol. The van der Waals surface area contributed by atoms with Crippen LogP contribution in [0.3, 0.4) is 0 Å². The number of hydrogen-bond acceptors (Lipinski definition) is 7. The van der Waals surface area contributed by atoms with Crippen molar-refractivity contribution in [2.75, 3.05) is 47.5 Å². The number of ether oxygens (including phenoxy) is 2. The summed E-state index contributed by atoms with van der Waals surface area (Å²) >= 11 is 0. The van der Waals surface area contributed by atoms with Gasteiger partial charge in [-0.15, -0.1) is 0 Å². The van der Waals surface area contributed by atoms with Crippen LogP contribution in [0.5, 0.6) is 0 Å². The standard InChI is InChI=1S/C52H94NO8P/c1-6-8-10-12-14-16-18-20-22-24-25-26-27-29-31-33-35-37-39-41-43-45-52(55)61-50(49-60-62(56,57)59-47-46-53(3,4)5)48-58-51(54)44-42-40-38-36-34-32-30-28-23-21-19-17-15-13-11-9-7-2/h8,10,14,16,20-23,25-26,50H,6-7,9,11-13,15,17-19,24,27-49H2,1-5H3/p+1/b10-8-,16-14-,22-20-,23-21-,26-25-. The van der Waals surface area contributed by atoms with Crippen molar-refractivity contribution in [2.24, 2.45) is 0 Å². The third-order valence-electron chi connectivity index (χ3n) is 10.5. The average molecular weight is 893 g/mol. The molecule has 2 unspecified atom stereocenters. The number of hydrogen-bond donors (Lipinski definition) is 1. The van der Waals surface area contributed by atoms with Gasteiger partial charge in [0.25, 0.3) is 0 Å². The van der Waals surface area contributed by atoms with Gasteiger partial charge in [0.1, 0.15) is 19.8 Å². The maximum absolute atomic E-state index is 12.8. The highest BCUT2D eigenvalue weighted by molar-refractivity contribution is 7.47. The van der Waals surface area contributed by atoms with Gasteiger partial charge in [0, 0.05) is 12.8 Å². The SMILES string of the molecule is CC/C=C\C/C=C\C/C=C\C/C=C\CCCCCCCCCCC(=O)OC(COC(=O)CCCCCCCCC/C=C\CCCCCCCC)COP(=O)(O)OCC[N+](C)(C)C. The van der Waals surface area contributed by atoms with E-state index < -0.39 is 26.5 Å². The second kappa shape index (κ2) is 43.9. The summed E-state index contributed by atoms with van der Waals surface area (Å²) in [5.41, 5.74) is 0. The van der Waals surface area contributed by atoms with E-state index in [1.165, 1.54) is 89.9 Å². The summed E-state index contributed by atoms with van der Waals surface area (Å²) in [6.45, 7) is 4.30. The van der Waals surface area contributed by atoms with E-state index in [0.717, 1.165) is 83.5 Å². The Morgan fingerprint density at radius 3 is 1.39 bits per heavy atom. The van der Waals surface area contributed by atoms with Crippen LogP contribution >= 0.6 is 7.82 Å². The van der Waals surface area contributed by atoms with Crippen molar-refractivity contribution in [3.05, 3.63) is 60.8 Å². The fourth-order valence-electron chi connectivity index (χ4n) is 6.65. The lowest BCUT2D eigenvalue weighted by molar-refractivity contribution is -0.870. The molecule has 0 saturated heterocycles. The van der Waals surface area contributed by atoms with Gasteiger partial charge >= 0.3 is 19.8 Å². The molecule has 0 aromatic heterocycles. The van der Waals surface area contributed by atoms with Crippen molar-refractivity contribution in [1.29, 1.82) is 0 Å². The van der Waals surface area contributed by atoms with Gasteiger partial charge in [-0.25, -0.2) is 4.57 Å². The van der Waals surface area contributed by atoms with Crippen LogP contribution < -0.4 is 0 Å². The average Bonchev–Trinajstić information content (AvgIpc) is 3.23. The summed E-state index contributed by atoms with van der Waals surface area (Å²) in [6.07, 6.45) is 54.1. The molecule has 1 N–H and O–H groups in total. The minimum absolute atomic E-state index is 0.0272. The molecule has 0 radical (unpaired) electrons. The summed E-state index contributed by atoms with van der Waals surface area (Å²) < 4.78 is 34.4. The van der Waals surface area contributed by atoms with Crippen LogP contribution in [0.15, 0.2) is 60.8 Å². The van der Waals surface area contributed by atoms with Crippen molar-refractivity contribution in [1.82, 2.24) is 0 Å². The quantitative estimate of drug-likeness (QED) is 0.0212. The number of carbonyl (C=O) groups excluding carboxylic acids is 2. The van der Waals surface area contributed by atoms with Crippen molar-refractivity contribution in [2.45, 2.75) is 213 Å². The number of unbranched alkanes of at least 4 members (excludes halogenated alkanes) is 21. The number of quaternary nitrogens is 1. The van der Waals surface area contributed by atoms with Gasteiger partial charge in [-0.2, -0.15) is 0 Å². The third-order valence-corrected chi connectivity index (χ3v) is 11.5. The van der Waals surface area contributed by atoms with E-state index in [-0.39, 0.29) is 32.0 Å². The largest absolute Gasteiger partial charge is 0.472 e. The number of allylic oxidation sites excluding steroid dienone is 10. The predicted octanol–water partition coefficient (Wildman–Crippen LogP) is 14.8. The Balaban J connectivity index is 4.30. The number of phosphoric acid groups is 1. The van der Waals surface area contributed by atoms with Gasteiger partial charge < -0.3 is 18.9 Å². The summed E-state index contributed by atoms with van der Waals surface area (Å²) in [7, 11) is 1.46. The topological polar surface area (TPSA) is 108 Å². The Morgan fingerprint density at radius 1 is 0.516 bits per heavy atom. The summed E-state index contributed by atoms with van der Waals surface area (Å²) in [5.74, 6) is -0.812. The van der Waals surface area contributed by atoms with E-state index in [2.05, 4.69) is 74.6 Å². The van der Waals surface area contributed by atoms with Gasteiger partial charge in [0.05, 0.1) is 27.7 Å². The highest BCUT2D eigenvalue weighted by Crippen LogP contribution is 2.43. The smallest absolute Gasteiger partial charge is 0.462 e. The van der Waals surface area contributed by atoms with Gasteiger partial charge in [0.15, 0.2) is 6.10 Å². The first-order chi connectivity index (χ1) is 30.0. The predicted molar refractivity (Wildman–Crippen MR) is 261 cm³/mol. The van der Waals surface area contributed by atoms with Crippen LogP contribution in [-0.2, 0) is 32.7 Å². The molecule has 0 aliphatic carbocycles. The molecule has 0 aromatic carbocycles. The molecule has 0 heterocycles. The zero-order valence-corrected chi connectivity index (χ0v) is 41.5. The Morgan fingerprint density at radius 2 is 0.919 bits per heavy atom. The molecule has 0 spiro atoms. The molecular formula is C52H95NO8P+. The molecule has 0 amide bonds. The first-order valence-electron chi connectivity index (χ1n) is 25.0. The third kappa shape index (κ3) is 47.2. The number of likely N-dealkylation sites (N-methyl/N-ethyl adjacent to an activating group) is 1. The van der Waals surface area contributed by atoms with Crippen molar-refractivity contribution in [3.63, 3.8) is 0 Å². The summed E-state index contributed by atoms with van der Waals surface area (Å²) in [5, 5.41) is 0. The molecule has 0 saturated carbocycles. The lowest BCUT2D eigenvalue weighted by atomic mass is 10.1. The van der Waals surface area contributed by atoms with Gasteiger partial charge in [-0.3, -0.25) is 18.6 Å². The molecule has 360 valence electrons. The van der Waals surface area contributed by atoms with Crippen LogP contribution in [0.1, 0.15) is 206 Å². The van der Waals surface area contributed by atoms with E-state index in [9.17, 15) is 19.0 Å². The monoisotopic (exact) mass is 893 g/mol. The fourth-order valence-corrected chi connectivity index (χ4v) is 7.39. The molecule has 2 atom stereocenters. The second-order valence-corrected chi connectivity index (χ2v) is 19.3. The molecule has 0 aromatic rings. The van der Waals surface area contributed by atoms with Crippen molar-refractivity contribution < 1.29 is 42.1 Å². The zero-order chi connectivity index (χ0) is 45.7. The van der Waals surface area contributed by atoms with Crippen LogP contribution in [0.4, 0.5) is 0 Å². The molecule has 0 aliphatic heterocycles. The molecule has 0 rings (SSSR count). The lowest BCUT2D eigenvalue weighted by Gasteiger charge is -2.24. The number of rotatable bonds is 45. The second-order valence-electron chi connectivity index (χ2n) is 17.8. The highest BCUT2D eigenvalue weighted by Gasteiger charge is 2.27. The number of phosphoric ester groups is 1. The van der Waals surface area contributed by atoms with E-state index in [1.807, 2.05) is 21.1 Å². The minimum atomic E-state index is -4.38. The Bertz CT molecular complexity index is 1240. The maximum Gasteiger partial charge on any atom is 0.472 e. The normalized spacial score (nSPS) is 14.0. The zero-order valence-electron chi connectivity index (χ0n) is 40.6. The Labute approximate surface area is 381 Å². The summed E-state index contributed by atoms with van der Waals surface area (Å²) in [4.78, 5) is 35.5. The first-order valence-corrected chi connectivity index (χ1v) is 26.5. The molecule has 10 heteroatoms. The van der Waals surface area contributed by atoms with Crippen LogP contribution in [-0.4, -0.2) is 74.9 Å². The minimum Gasteiger partial charge on any atom is -0.462 e. The van der Waals surface area contributed by atoms with Crippen LogP contribution in [0, 0.1) is 0 Å². The first kappa shape index (κ1) is 59.7. The molecule has 62 heavy (non-hydrogen) atoms. The van der Waals surface area contributed by atoms with Gasteiger partial charge in [-0.1, -0.05) is 177 Å². The van der Waals surface area contributed by atoms with E-state index in [4.69, 9.17) is 18.5 Å². The van der Waals surface area contributed by atoms with E-state index in [0.29, 0.717) is 17.4 Å². The summed E-state index contributed by atoms with van der Waals surface area (Å²) in [6, 6.07) is 0. The van der Waals surface area contributed by atoms with E-state index >= 15 is 0 Å². The Kier molecular flexibility index (Phi) is 42.3. The van der Waals surface area contributed by atoms with Crippen LogP contribution in [0.2, 0.25) is 0 Å². The molecule has 0 bridgehead atoms. The molecule has 0 fully saturated rings. The Hall–Kier alpha value is -2.29. The molecule has 9 nitrogen and oxygen atoms in total.